The Morgan fingerprint density at radius 1 is 1.33 bits per heavy atom. The van der Waals surface area contributed by atoms with E-state index in [1.54, 1.807) is 19.9 Å². The highest BCUT2D eigenvalue weighted by molar-refractivity contribution is 5.87. The van der Waals surface area contributed by atoms with E-state index in [2.05, 4.69) is 5.32 Å². The third kappa shape index (κ3) is 3.19. The van der Waals surface area contributed by atoms with Crippen molar-refractivity contribution in [3.05, 3.63) is 57.0 Å². The summed E-state index contributed by atoms with van der Waals surface area (Å²) in [6.45, 7) is 3.73. The first kappa shape index (κ1) is 14.6. The van der Waals surface area contributed by atoms with Crippen LogP contribution in [0.15, 0.2) is 28.9 Å². The summed E-state index contributed by atoms with van der Waals surface area (Å²) in [6, 6.07) is 4.62. The standard InChI is InChI=1S/C14H14N2O5/c1-8-4-13(16(19)20)9(2)3-12(8)15-6-11-5-10(7-21-11)14(17)18/h3-5,7,15H,6H2,1-2H3,(H,17,18). The molecular weight excluding hydrogens is 276 g/mol. The largest absolute Gasteiger partial charge is 0.478 e. The van der Waals surface area contributed by atoms with E-state index in [9.17, 15) is 14.9 Å². The van der Waals surface area contributed by atoms with Crippen LogP contribution in [0.4, 0.5) is 11.4 Å². The van der Waals surface area contributed by atoms with Crippen molar-refractivity contribution < 1.29 is 19.2 Å². The molecule has 2 rings (SSSR count). The lowest BCUT2D eigenvalue weighted by Crippen LogP contribution is -2.02. The normalized spacial score (nSPS) is 10.4. The summed E-state index contributed by atoms with van der Waals surface area (Å²) in [6.07, 6.45) is 1.17. The minimum atomic E-state index is -1.05. The predicted molar refractivity (Wildman–Crippen MR) is 75.6 cm³/mol. The maximum Gasteiger partial charge on any atom is 0.338 e. The molecule has 0 unspecified atom stereocenters. The first-order chi connectivity index (χ1) is 9.88. The molecule has 0 aliphatic carbocycles. The Kier molecular flexibility index (Phi) is 3.93. The van der Waals surface area contributed by atoms with Gasteiger partial charge in [-0.25, -0.2) is 4.79 Å². The minimum Gasteiger partial charge on any atom is -0.478 e. The minimum absolute atomic E-state index is 0.0733. The van der Waals surface area contributed by atoms with Gasteiger partial charge in [0.25, 0.3) is 5.69 Å². The van der Waals surface area contributed by atoms with Gasteiger partial charge in [0, 0.05) is 17.3 Å². The molecule has 0 fully saturated rings. The zero-order chi connectivity index (χ0) is 15.6. The first-order valence-corrected chi connectivity index (χ1v) is 6.18. The second-order valence-corrected chi connectivity index (χ2v) is 4.67. The summed E-state index contributed by atoms with van der Waals surface area (Å²) in [4.78, 5) is 21.2. The van der Waals surface area contributed by atoms with Gasteiger partial charge in [-0.2, -0.15) is 0 Å². The molecule has 0 saturated heterocycles. The van der Waals surface area contributed by atoms with Crippen LogP contribution < -0.4 is 5.32 Å². The molecule has 7 nitrogen and oxygen atoms in total. The van der Waals surface area contributed by atoms with Gasteiger partial charge in [-0.1, -0.05) is 0 Å². The lowest BCUT2D eigenvalue weighted by atomic mass is 10.1. The van der Waals surface area contributed by atoms with Crippen molar-refractivity contribution in [2.24, 2.45) is 0 Å². The highest BCUT2D eigenvalue weighted by Gasteiger charge is 2.14. The van der Waals surface area contributed by atoms with Crippen molar-refractivity contribution in [2.75, 3.05) is 5.32 Å². The van der Waals surface area contributed by atoms with Crippen molar-refractivity contribution >= 4 is 17.3 Å². The van der Waals surface area contributed by atoms with E-state index >= 15 is 0 Å². The molecule has 21 heavy (non-hydrogen) atoms. The van der Waals surface area contributed by atoms with Gasteiger partial charge in [0.05, 0.1) is 17.0 Å². The van der Waals surface area contributed by atoms with Gasteiger partial charge in [-0.05, 0) is 31.5 Å². The number of nitro benzene ring substituents is 1. The topological polar surface area (TPSA) is 106 Å². The van der Waals surface area contributed by atoms with Crippen molar-refractivity contribution in [1.29, 1.82) is 0 Å². The first-order valence-electron chi connectivity index (χ1n) is 6.18. The number of carboxylic acids is 1. The molecule has 2 N–H and O–H groups in total. The van der Waals surface area contributed by atoms with Gasteiger partial charge in [-0.15, -0.1) is 0 Å². The number of furan rings is 1. The van der Waals surface area contributed by atoms with E-state index in [0.29, 0.717) is 17.9 Å². The molecule has 0 aliphatic rings. The molecule has 0 saturated carbocycles. The van der Waals surface area contributed by atoms with Gasteiger partial charge in [0.2, 0.25) is 0 Å². The molecule has 7 heteroatoms. The van der Waals surface area contributed by atoms with Crippen LogP contribution in [0, 0.1) is 24.0 Å². The van der Waals surface area contributed by atoms with Crippen LogP contribution >= 0.6 is 0 Å². The van der Waals surface area contributed by atoms with Gasteiger partial charge >= 0.3 is 5.97 Å². The molecule has 1 heterocycles. The Morgan fingerprint density at radius 3 is 2.62 bits per heavy atom. The van der Waals surface area contributed by atoms with Crippen LogP contribution in [-0.4, -0.2) is 16.0 Å². The fourth-order valence-electron chi connectivity index (χ4n) is 1.96. The molecule has 0 bridgehead atoms. The number of hydrogen-bond acceptors (Lipinski definition) is 5. The fourth-order valence-corrected chi connectivity index (χ4v) is 1.96. The number of hydrogen-bond donors (Lipinski definition) is 2. The second-order valence-electron chi connectivity index (χ2n) is 4.67. The molecule has 1 aromatic carbocycles. The van der Waals surface area contributed by atoms with Gasteiger partial charge in [-0.3, -0.25) is 10.1 Å². The van der Waals surface area contributed by atoms with Crippen LogP contribution in [0.25, 0.3) is 0 Å². The van der Waals surface area contributed by atoms with Crippen molar-refractivity contribution in [3.8, 4) is 0 Å². The van der Waals surface area contributed by atoms with E-state index in [1.165, 1.54) is 18.4 Å². The molecule has 0 radical (unpaired) electrons. The number of nitrogens with zero attached hydrogens (tertiary/aromatic N) is 1. The molecule has 2 aromatic rings. The number of carbonyl (C=O) groups is 1. The van der Waals surface area contributed by atoms with E-state index in [1.807, 2.05) is 0 Å². The van der Waals surface area contributed by atoms with Gasteiger partial charge in [0.15, 0.2) is 0 Å². The summed E-state index contributed by atoms with van der Waals surface area (Å²) in [5, 5.41) is 22.7. The number of benzene rings is 1. The van der Waals surface area contributed by atoms with Crippen molar-refractivity contribution in [1.82, 2.24) is 0 Å². The van der Waals surface area contributed by atoms with E-state index in [4.69, 9.17) is 9.52 Å². The van der Waals surface area contributed by atoms with E-state index < -0.39 is 10.9 Å². The number of aromatic carboxylic acids is 1. The Morgan fingerprint density at radius 2 is 2.05 bits per heavy atom. The lowest BCUT2D eigenvalue weighted by Gasteiger charge is -2.09. The number of aryl methyl sites for hydroxylation is 2. The summed E-state index contributed by atoms with van der Waals surface area (Å²) in [5.41, 5.74) is 2.19. The molecular formula is C14H14N2O5. The van der Waals surface area contributed by atoms with Gasteiger partial charge in [0.1, 0.15) is 12.0 Å². The Hall–Kier alpha value is -2.83. The molecule has 0 spiro atoms. The Balaban J connectivity index is 2.14. The number of nitrogens with one attached hydrogen (secondary N) is 1. The average Bonchev–Trinajstić information content (AvgIpc) is 2.88. The lowest BCUT2D eigenvalue weighted by molar-refractivity contribution is -0.385. The zero-order valence-corrected chi connectivity index (χ0v) is 11.5. The Labute approximate surface area is 120 Å². The van der Waals surface area contributed by atoms with Gasteiger partial charge < -0.3 is 14.8 Å². The zero-order valence-electron chi connectivity index (χ0n) is 11.5. The second kappa shape index (κ2) is 5.66. The Bertz CT molecular complexity index is 705. The number of carboxylic acid groups (broad SMARTS) is 1. The molecule has 110 valence electrons. The monoisotopic (exact) mass is 290 g/mol. The molecule has 1 aromatic heterocycles. The third-order valence-corrected chi connectivity index (χ3v) is 3.09. The van der Waals surface area contributed by atoms with Crippen molar-refractivity contribution in [3.63, 3.8) is 0 Å². The summed E-state index contributed by atoms with van der Waals surface area (Å²) in [5.74, 6) is -0.574. The SMILES string of the molecule is Cc1cc([N+](=O)[O-])c(C)cc1NCc1cc(C(=O)O)co1. The van der Waals surface area contributed by atoms with Crippen LogP contribution in [0.1, 0.15) is 27.2 Å². The predicted octanol–water partition coefficient (Wildman–Crippen LogP) is 3.11. The summed E-state index contributed by atoms with van der Waals surface area (Å²) >= 11 is 0. The number of nitro groups is 1. The maximum absolute atomic E-state index is 10.8. The van der Waals surface area contributed by atoms with Crippen molar-refractivity contribution in [2.45, 2.75) is 20.4 Å². The van der Waals surface area contributed by atoms with Crippen LogP contribution in [0.5, 0.6) is 0 Å². The smallest absolute Gasteiger partial charge is 0.338 e. The maximum atomic E-state index is 10.8. The van der Waals surface area contributed by atoms with Crippen LogP contribution in [-0.2, 0) is 6.54 Å². The molecule has 0 amide bonds. The van der Waals surface area contributed by atoms with E-state index in [0.717, 1.165) is 11.3 Å². The average molecular weight is 290 g/mol. The fraction of sp³-hybridized carbons (Fsp3) is 0.214. The molecule has 0 atom stereocenters. The highest BCUT2D eigenvalue weighted by atomic mass is 16.6. The summed E-state index contributed by atoms with van der Waals surface area (Å²) < 4.78 is 5.13. The quantitative estimate of drug-likeness (QED) is 0.647. The highest BCUT2D eigenvalue weighted by Crippen LogP contribution is 2.26. The summed E-state index contributed by atoms with van der Waals surface area (Å²) in [7, 11) is 0. The van der Waals surface area contributed by atoms with Crippen LogP contribution in [0.3, 0.4) is 0 Å². The molecule has 0 aliphatic heterocycles. The van der Waals surface area contributed by atoms with E-state index in [-0.39, 0.29) is 11.3 Å². The third-order valence-electron chi connectivity index (χ3n) is 3.09. The van der Waals surface area contributed by atoms with Crippen LogP contribution in [0.2, 0.25) is 0 Å². The number of anilines is 1. The number of rotatable bonds is 5.